The maximum Gasteiger partial charge on any atom is 0.254 e. The SMILES string of the molecule is COc1cc2c(cc1OC)[C@H](COc1ccccc1OC)N(C(=O)c1cccc(Br)c1)CC2. The lowest BCUT2D eigenvalue weighted by atomic mass is 9.91. The maximum atomic E-state index is 13.6. The predicted molar refractivity (Wildman–Crippen MR) is 130 cm³/mol. The molecule has 3 aromatic rings. The number of hydrogen-bond acceptors (Lipinski definition) is 5. The van der Waals surface area contributed by atoms with E-state index in [0.29, 0.717) is 41.5 Å². The first-order chi connectivity index (χ1) is 16.0. The number of methoxy groups -OCH3 is 3. The average molecular weight is 512 g/mol. The topological polar surface area (TPSA) is 57.2 Å². The van der Waals surface area contributed by atoms with Crippen LogP contribution in [0.4, 0.5) is 0 Å². The molecule has 1 heterocycles. The minimum Gasteiger partial charge on any atom is -0.493 e. The minimum atomic E-state index is -0.315. The van der Waals surface area contributed by atoms with Crippen molar-refractivity contribution in [2.45, 2.75) is 12.5 Å². The molecule has 4 rings (SSSR count). The molecule has 0 unspecified atom stereocenters. The zero-order valence-electron chi connectivity index (χ0n) is 18.8. The second kappa shape index (κ2) is 10.2. The van der Waals surface area contributed by atoms with Crippen LogP contribution in [0.3, 0.4) is 0 Å². The van der Waals surface area contributed by atoms with Crippen molar-refractivity contribution in [3.8, 4) is 23.0 Å². The minimum absolute atomic E-state index is 0.0506. The van der Waals surface area contributed by atoms with Gasteiger partial charge in [0.1, 0.15) is 6.61 Å². The van der Waals surface area contributed by atoms with Crippen LogP contribution in [-0.2, 0) is 6.42 Å². The van der Waals surface area contributed by atoms with Crippen LogP contribution in [-0.4, -0.2) is 45.3 Å². The quantitative estimate of drug-likeness (QED) is 0.431. The van der Waals surface area contributed by atoms with Gasteiger partial charge in [-0.1, -0.05) is 34.1 Å². The number of rotatable bonds is 7. The third-order valence-corrected chi connectivity index (χ3v) is 6.29. The molecule has 0 spiro atoms. The monoisotopic (exact) mass is 511 g/mol. The second-order valence-electron chi connectivity index (χ2n) is 7.64. The Hall–Kier alpha value is -3.19. The summed E-state index contributed by atoms with van der Waals surface area (Å²) < 4.78 is 23.5. The highest BCUT2D eigenvalue weighted by Crippen LogP contribution is 2.39. The fourth-order valence-electron chi connectivity index (χ4n) is 4.15. The number of hydrogen-bond donors (Lipinski definition) is 0. The van der Waals surface area contributed by atoms with E-state index in [9.17, 15) is 4.79 Å². The van der Waals surface area contributed by atoms with Gasteiger partial charge in [0.05, 0.1) is 27.4 Å². The first-order valence-electron chi connectivity index (χ1n) is 10.6. The first-order valence-corrected chi connectivity index (χ1v) is 11.4. The van der Waals surface area contributed by atoms with E-state index < -0.39 is 0 Å². The van der Waals surface area contributed by atoms with Gasteiger partial charge in [-0.2, -0.15) is 0 Å². The predicted octanol–water partition coefficient (Wildman–Crippen LogP) is 5.29. The standard InChI is InChI=1S/C26H26BrNO5/c1-30-22-9-4-5-10-23(22)33-16-21-20-15-25(32-3)24(31-2)14-17(20)11-12-28(21)26(29)18-7-6-8-19(27)13-18/h4-10,13-15,21H,11-12,16H2,1-3H3/t21-/m0/s1. The van der Waals surface area contributed by atoms with Crippen LogP contribution in [0.15, 0.2) is 65.1 Å². The van der Waals surface area contributed by atoms with Gasteiger partial charge in [-0.05, 0) is 60.0 Å². The Balaban J connectivity index is 1.72. The zero-order valence-corrected chi connectivity index (χ0v) is 20.4. The molecule has 1 amide bonds. The van der Waals surface area contributed by atoms with Gasteiger partial charge in [-0.15, -0.1) is 0 Å². The van der Waals surface area contributed by atoms with Crippen LogP contribution in [0.5, 0.6) is 23.0 Å². The summed E-state index contributed by atoms with van der Waals surface area (Å²) in [7, 11) is 4.84. The summed E-state index contributed by atoms with van der Waals surface area (Å²) in [5.74, 6) is 2.52. The lowest BCUT2D eigenvalue weighted by molar-refractivity contribution is 0.0587. The van der Waals surface area contributed by atoms with E-state index in [2.05, 4.69) is 15.9 Å². The molecular formula is C26H26BrNO5. The molecule has 6 nitrogen and oxygen atoms in total. The van der Waals surface area contributed by atoms with Crippen molar-refractivity contribution < 1.29 is 23.7 Å². The molecule has 0 aliphatic carbocycles. The molecule has 33 heavy (non-hydrogen) atoms. The van der Waals surface area contributed by atoms with Crippen LogP contribution < -0.4 is 18.9 Å². The van der Waals surface area contributed by atoms with E-state index in [1.165, 1.54) is 0 Å². The fraction of sp³-hybridized carbons (Fsp3) is 0.269. The number of benzene rings is 3. The van der Waals surface area contributed by atoms with Gasteiger partial charge in [-0.25, -0.2) is 0 Å². The van der Waals surface area contributed by atoms with Crippen molar-refractivity contribution >= 4 is 21.8 Å². The van der Waals surface area contributed by atoms with Crippen LogP contribution in [0.1, 0.15) is 27.5 Å². The lowest BCUT2D eigenvalue weighted by Crippen LogP contribution is -2.42. The molecule has 1 aliphatic rings. The summed E-state index contributed by atoms with van der Waals surface area (Å²) in [4.78, 5) is 15.4. The third kappa shape index (κ3) is 4.78. The van der Waals surface area contributed by atoms with E-state index in [1.54, 1.807) is 21.3 Å². The Morgan fingerprint density at radius 1 is 0.909 bits per heavy atom. The van der Waals surface area contributed by atoms with E-state index >= 15 is 0 Å². The number of carbonyl (C=O) groups excluding carboxylic acids is 1. The Morgan fingerprint density at radius 3 is 2.30 bits per heavy atom. The molecule has 172 valence electrons. The van der Waals surface area contributed by atoms with Crippen LogP contribution in [0, 0.1) is 0 Å². The van der Waals surface area contributed by atoms with Gasteiger partial charge in [-0.3, -0.25) is 4.79 Å². The molecule has 7 heteroatoms. The number of ether oxygens (including phenoxy) is 4. The van der Waals surface area contributed by atoms with Gasteiger partial charge >= 0.3 is 0 Å². The molecule has 0 radical (unpaired) electrons. The zero-order chi connectivity index (χ0) is 23.4. The Labute approximate surface area is 202 Å². The molecule has 0 saturated carbocycles. The molecule has 0 N–H and O–H groups in total. The molecule has 0 fully saturated rings. The second-order valence-corrected chi connectivity index (χ2v) is 8.56. The van der Waals surface area contributed by atoms with Gasteiger partial charge in [0.15, 0.2) is 23.0 Å². The third-order valence-electron chi connectivity index (χ3n) is 5.80. The van der Waals surface area contributed by atoms with Crippen molar-refractivity contribution in [1.82, 2.24) is 4.90 Å². The Kier molecular flexibility index (Phi) is 7.08. The lowest BCUT2D eigenvalue weighted by Gasteiger charge is -2.37. The highest BCUT2D eigenvalue weighted by Gasteiger charge is 2.33. The first kappa shape index (κ1) is 23.0. The summed E-state index contributed by atoms with van der Waals surface area (Å²) in [6, 6.07) is 18.6. The number of carbonyl (C=O) groups is 1. The molecule has 1 atom stereocenters. The smallest absolute Gasteiger partial charge is 0.254 e. The summed E-state index contributed by atoms with van der Waals surface area (Å²) in [5.41, 5.74) is 2.72. The van der Waals surface area contributed by atoms with E-state index in [-0.39, 0.29) is 18.6 Å². The summed E-state index contributed by atoms with van der Waals surface area (Å²) in [6.07, 6.45) is 0.709. The summed E-state index contributed by atoms with van der Waals surface area (Å²) in [6.45, 7) is 0.830. The number of nitrogens with zero attached hydrogens (tertiary/aromatic N) is 1. The number of halogens is 1. The maximum absolute atomic E-state index is 13.6. The van der Waals surface area contributed by atoms with Crippen LogP contribution >= 0.6 is 15.9 Å². The Morgan fingerprint density at radius 2 is 1.61 bits per heavy atom. The average Bonchev–Trinajstić information content (AvgIpc) is 2.85. The molecule has 1 aliphatic heterocycles. The van der Waals surface area contributed by atoms with Crippen molar-refractivity contribution in [1.29, 1.82) is 0 Å². The molecule has 0 bridgehead atoms. The van der Waals surface area contributed by atoms with Crippen molar-refractivity contribution in [3.63, 3.8) is 0 Å². The van der Waals surface area contributed by atoms with Gasteiger partial charge in [0.2, 0.25) is 0 Å². The van der Waals surface area contributed by atoms with Crippen molar-refractivity contribution in [2.24, 2.45) is 0 Å². The number of amides is 1. The van der Waals surface area contributed by atoms with E-state index in [0.717, 1.165) is 15.6 Å². The van der Waals surface area contributed by atoms with Crippen LogP contribution in [0.25, 0.3) is 0 Å². The van der Waals surface area contributed by atoms with E-state index in [1.807, 2.05) is 65.6 Å². The summed E-state index contributed by atoms with van der Waals surface area (Å²) >= 11 is 3.47. The van der Waals surface area contributed by atoms with Crippen LogP contribution in [0.2, 0.25) is 0 Å². The highest BCUT2D eigenvalue weighted by atomic mass is 79.9. The van der Waals surface area contributed by atoms with Gasteiger partial charge < -0.3 is 23.8 Å². The highest BCUT2D eigenvalue weighted by molar-refractivity contribution is 9.10. The number of fused-ring (bicyclic) bond motifs is 1. The van der Waals surface area contributed by atoms with E-state index in [4.69, 9.17) is 18.9 Å². The molecular weight excluding hydrogens is 486 g/mol. The Bertz CT molecular complexity index is 1150. The summed E-state index contributed by atoms with van der Waals surface area (Å²) in [5, 5.41) is 0. The van der Waals surface area contributed by atoms with Crippen molar-refractivity contribution in [2.75, 3.05) is 34.5 Å². The van der Waals surface area contributed by atoms with Gasteiger partial charge in [0.25, 0.3) is 5.91 Å². The molecule has 0 aromatic heterocycles. The van der Waals surface area contributed by atoms with Crippen molar-refractivity contribution in [3.05, 3.63) is 81.8 Å². The normalized spacial score (nSPS) is 14.9. The number of para-hydroxylation sites is 2. The molecule has 0 saturated heterocycles. The largest absolute Gasteiger partial charge is 0.493 e. The van der Waals surface area contributed by atoms with Gasteiger partial charge in [0, 0.05) is 16.6 Å². The molecule has 3 aromatic carbocycles. The fourth-order valence-corrected chi connectivity index (χ4v) is 4.54.